The average Bonchev–Trinajstić information content (AvgIpc) is 2.65. The quantitative estimate of drug-likeness (QED) is 0.842. The molecular weight excluding hydrogens is 268 g/mol. The Morgan fingerprint density at radius 1 is 1.52 bits per heavy atom. The summed E-state index contributed by atoms with van der Waals surface area (Å²) in [6.45, 7) is 2.47. The zero-order valence-corrected chi connectivity index (χ0v) is 11.9. The van der Waals surface area contributed by atoms with Gasteiger partial charge in [0.1, 0.15) is 23.5 Å². The monoisotopic (exact) mass is 286 g/mol. The summed E-state index contributed by atoms with van der Waals surface area (Å²) in [5.41, 5.74) is 8.19. The van der Waals surface area contributed by atoms with Gasteiger partial charge in [-0.2, -0.15) is 0 Å². The largest absolute Gasteiger partial charge is 0.460 e. The summed E-state index contributed by atoms with van der Waals surface area (Å²) in [6, 6.07) is 3.70. The van der Waals surface area contributed by atoms with Crippen LogP contribution in [0.2, 0.25) is 0 Å². The molecule has 0 unspecified atom stereocenters. The van der Waals surface area contributed by atoms with Crippen LogP contribution in [0, 0.1) is 0 Å². The molecule has 21 heavy (non-hydrogen) atoms. The van der Waals surface area contributed by atoms with Crippen molar-refractivity contribution in [2.45, 2.75) is 32.2 Å². The Morgan fingerprint density at radius 2 is 2.38 bits per heavy atom. The number of anilines is 2. The lowest BCUT2D eigenvalue weighted by atomic mass is 10.1. The first-order chi connectivity index (χ1) is 10.2. The van der Waals surface area contributed by atoms with Gasteiger partial charge in [-0.25, -0.2) is 9.78 Å². The van der Waals surface area contributed by atoms with Gasteiger partial charge in [0.15, 0.2) is 0 Å². The lowest BCUT2D eigenvalue weighted by molar-refractivity contribution is 0.0498. The minimum absolute atomic E-state index is 0.0714. The molecule has 1 atom stereocenters. The molecule has 0 fully saturated rings. The maximum absolute atomic E-state index is 12.2. The normalized spacial score (nSPS) is 17.8. The molecule has 6 heteroatoms. The van der Waals surface area contributed by atoms with E-state index in [0.29, 0.717) is 28.9 Å². The highest BCUT2D eigenvalue weighted by Crippen LogP contribution is 2.32. The number of fused-ring (bicyclic) bond motifs is 3. The molecule has 2 aromatic heterocycles. The van der Waals surface area contributed by atoms with E-state index in [1.807, 2.05) is 6.07 Å². The zero-order chi connectivity index (χ0) is 14.8. The van der Waals surface area contributed by atoms with Gasteiger partial charge in [0, 0.05) is 6.20 Å². The van der Waals surface area contributed by atoms with E-state index < -0.39 is 5.97 Å². The van der Waals surface area contributed by atoms with E-state index in [-0.39, 0.29) is 11.9 Å². The van der Waals surface area contributed by atoms with E-state index >= 15 is 0 Å². The lowest BCUT2D eigenvalue weighted by Crippen LogP contribution is -2.24. The van der Waals surface area contributed by atoms with Crippen molar-refractivity contribution in [1.82, 2.24) is 9.97 Å². The second kappa shape index (κ2) is 5.55. The third kappa shape index (κ3) is 2.49. The number of rotatable bonds is 3. The number of aromatic nitrogens is 2. The minimum atomic E-state index is -0.436. The predicted molar refractivity (Wildman–Crippen MR) is 81.2 cm³/mol. The van der Waals surface area contributed by atoms with Gasteiger partial charge in [0.2, 0.25) is 0 Å². The summed E-state index contributed by atoms with van der Waals surface area (Å²) < 4.78 is 5.32. The number of pyridine rings is 2. The number of nitrogen functional groups attached to an aromatic ring is 1. The lowest BCUT2D eigenvalue weighted by Gasteiger charge is -2.17. The third-order valence-electron chi connectivity index (χ3n) is 3.64. The van der Waals surface area contributed by atoms with Crippen LogP contribution < -0.4 is 11.1 Å². The summed E-state index contributed by atoms with van der Waals surface area (Å²) in [5.74, 6) is -0.256. The van der Waals surface area contributed by atoms with Gasteiger partial charge in [-0.3, -0.25) is 4.98 Å². The molecule has 3 heterocycles. The van der Waals surface area contributed by atoms with Crippen molar-refractivity contribution in [2.75, 3.05) is 17.7 Å². The van der Waals surface area contributed by atoms with Gasteiger partial charge < -0.3 is 15.8 Å². The van der Waals surface area contributed by atoms with Gasteiger partial charge in [0.25, 0.3) is 0 Å². The SMILES string of the molecule is CCCC[C@H]1COC(=O)c2c(N)nc3cccnc3c2N1. The van der Waals surface area contributed by atoms with Crippen LogP contribution in [-0.2, 0) is 4.74 Å². The molecule has 0 saturated carbocycles. The molecule has 0 aromatic carbocycles. The van der Waals surface area contributed by atoms with Gasteiger partial charge >= 0.3 is 5.97 Å². The van der Waals surface area contributed by atoms with Crippen molar-refractivity contribution < 1.29 is 9.53 Å². The number of hydrogen-bond acceptors (Lipinski definition) is 6. The second-order valence-electron chi connectivity index (χ2n) is 5.20. The highest BCUT2D eigenvalue weighted by atomic mass is 16.5. The van der Waals surface area contributed by atoms with Crippen LogP contribution in [0.1, 0.15) is 36.5 Å². The molecule has 0 bridgehead atoms. The van der Waals surface area contributed by atoms with Gasteiger partial charge in [0.05, 0.1) is 17.2 Å². The fraction of sp³-hybridized carbons (Fsp3) is 0.400. The Hall–Kier alpha value is -2.37. The van der Waals surface area contributed by atoms with E-state index in [1.165, 1.54) is 0 Å². The van der Waals surface area contributed by atoms with Crippen LogP contribution in [0.15, 0.2) is 18.3 Å². The molecule has 0 spiro atoms. The van der Waals surface area contributed by atoms with Crippen molar-refractivity contribution in [3.63, 3.8) is 0 Å². The fourth-order valence-corrected chi connectivity index (χ4v) is 2.56. The number of ether oxygens (including phenoxy) is 1. The Bertz CT molecular complexity index is 687. The van der Waals surface area contributed by atoms with Crippen LogP contribution in [0.25, 0.3) is 11.0 Å². The summed E-state index contributed by atoms with van der Waals surface area (Å²) in [4.78, 5) is 20.8. The molecule has 0 saturated heterocycles. The molecule has 3 rings (SSSR count). The number of nitrogens with one attached hydrogen (secondary N) is 1. The molecule has 3 N–H and O–H groups in total. The van der Waals surface area contributed by atoms with E-state index in [2.05, 4.69) is 22.2 Å². The van der Waals surface area contributed by atoms with Crippen LogP contribution in [0.3, 0.4) is 0 Å². The van der Waals surface area contributed by atoms with Crippen LogP contribution >= 0.6 is 0 Å². The standard InChI is InChI=1S/C15H18N4O2/c1-2-3-5-9-8-21-15(20)11-13(18-9)12-10(19-14(11)16)6-4-7-17-12/h4,6-7,9,18H,2-3,5,8H2,1H3,(H2,16,19)/t9-/m0/s1. The van der Waals surface area contributed by atoms with Gasteiger partial charge in [-0.1, -0.05) is 19.8 Å². The topological polar surface area (TPSA) is 90.1 Å². The molecule has 1 aliphatic heterocycles. The van der Waals surface area contributed by atoms with E-state index in [9.17, 15) is 4.79 Å². The maximum Gasteiger partial charge on any atom is 0.344 e. The van der Waals surface area contributed by atoms with E-state index in [1.54, 1.807) is 12.3 Å². The second-order valence-corrected chi connectivity index (χ2v) is 5.20. The predicted octanol–water partition coefficient (Wildman–Crippen LogP) is 2.35. The van der Waals surface area contributed by atoms with E-state index in [4.69, 9.17) is 10.5 Å². The number of carbonyl (C=O) groups excluding carboxylic acids is 1. The Morgan fingerprint density at radius 3 is 3.19 bits per heavy atom. The minimum Gasteiger partial charge on any atom is -0.460 e. The van der Waals surface area contributed by atoms with Gasteiger partial charge in [-0.15, -0.1) is 0 Å². The highest BCUT2D eigenvalue weighted by molar-refractivity contribution is 6.08. The van der Waals surface area contributed by atoms with Crippen molar-refractivity contribution in [2.24, 2.45) is 0 Å². The first-order valence-electron chi connectivity index (χ1n) is 7.18. The summed E-state index contributed by atoms with van der Waals surface area (Å²) in [5, 5.41) is 3.38. The molecule has 0 radical (unpaired) electrons. The fourth-order valence-electron chi connectivity index (χ4n) is 2.56. The zero-order valence-electron chi connectivity index (χ0n) is 11.9. The number of hydrogen-bond donors (Lipinski definition) is 2. The first-order valence-corrected chi connectivity index (χ1v) is 7.18. The van der Waals surface area contributed by atoms with Crippen molar-refractivity contribution >= 4 is 28.5 Å². The number of nitrogens with zero attached hydrogens (tertiary/aromatic N) is 2. The Kier molecular flexibility index (Phi) is 3.60. The summed E-state index contributed by atoms with van der Waals surface area (Å²) >= 11 is 0. The van der Waals surface area contributed by atoms with Crippen molar-refractivity contribution in [3.05, 3.63) is 23.9 Å². The molecule has 0 amide bonds. The van der Waals surface area contributed by atoms with Crippen molar-refractivity contribution in [3.8, 4) is 0 Å². The average molecular weight is 286 g/mol. The summed E-state index contributed by atoms with van der Waals surface area (Å²) in [6.07, 6.45) is 4.77. The van der Waals surface area contributed by atoms with Crippen molar-refractivity contribution in [1.29, 1.82) is 0 Å². The summed E-state index contributed by atoms with van der Waals surface area (Å²) in [7, 11) is 0. The maximum atomic E-state index is 12.2. The molecule has 110 valence electrons. The number of carbonyl (C=O) groups is 1. The molecule has 1 aliphatic rings. The third-order valence-corrected chi connectivity index (χ3v) is 3.64. The van der Waals surface area contributed by atoms with Crippen LogP contribution in [-0.4, -0.2) is 28.6 Å². The first kappa shape index (κ1) is 13.6. The number of esters is 1. The van der Waals surface area contributed by atoms with Gasteiger partial charge in [-0.05, 0) is 18.6 Å². The van der Waals surface area contributed by atoms with E-state index in [0.717, 1.165) is 19.3 Å². The highest BCUT2D eigenvalue weighted by Gasteiger charge is 2.27. The molecule has 0 aliphatic carbocycles. The molecular formula is C15H18N4O2. The Balaban J connectivity index is 2.11. The smallest absolute Gasteiger partial charge is 0.344 e. The number of cyclic esters (lactones) is 1. The van der Waals surface area contributed by atoms with Crippen LogP contribution in [0.4, 0.5) is 11.5 Å². The number of nitrogens with two attached hydrogens (primary N) is 1. The number of unbranched alkanes of at least 4 members (excludes halogenated alkanes) is 1. The Labute approximate surface area is 122 Å². The molecule has 6 nitrogen and oxygen atoms in total. The van der Waals surface area contributed by atoms with Crippen LogP contribution in [0.5, 0.6) is 0 Å². The molecule has 2 aromatic rings.